The maximum atomic E-state index is 5.44. The van der Waals surface area contributed by atoms with Gasteiger partial charge in [-0.1, -0.05) is 158 Å². The summed E-state index contributed by atoms with van der Waals surface area (Å²) in [5, 5.41) is 5.56. The lowest BCUT2D eigenvalue weighted by molar-refractivity contribution is 0.954. The molecule has 59 heavy (non-hydrogen) atoms. The molecule has 0 aliphatic rings. The van der Waals surface area contributed by atoms with E-state index in [0.717, 1.165) is 87.0 Å². The molecule has 6 nitrogen and oxygen atoms in total. The summed E-state index contributed by atoms with van der Waals surface area (Å²) in [6, 6.07) is 67.9. The molecule has 0 radical (unpaired) electrons. The standard InChI is InChI=1S/C52H32N6S/c1-4-15-33(16-5-1)34-27-29-35(30-28-34)49-54-50(42-23-14-24-43-48(42)59-51(53-43)36-17-6-2-7-18-36)56-52(55-49)58-45-26-13-11-22-39(45)41-32-31-40-38-21-10-12-25-44(38)57(46(40)47(41)58)37-19-8-3-9-20-37/h1-32H. The van der Waals surface area contributed by atoms with Gasteiger partial charge in [0.2, 0.25) is 5.95 Å². The molecule has 12 rings (SSSR count). The minimum absolute atomic E-state index is 0.547. The Labute approximate surface area is 343 Å². The van der Waals surface area contributed by atoms with Gasteiger partial charge in [0.25, 0.3) is 0 Å². The summed E-state index contributed by atoms with van der Waals surface area (Å²) in [5.41, 5.74) is 11.5. The van der Waals surface area contributed by atoms with Crippen molar-refractivity contribution >= 4 is 65.2 Å². The van der Waals surface area contributed by atoms with Crippen LogP contribution in [0.3, 0.4) is 0 Å². The third-order valence-corrected chi connectivity index (χ3v) is 12.4. The Bertz CT molecular complexity index is 3530. The van der Waals surface area contributed by atoms with Crippen LogP contribution in [0, 0.1) is 0 Å². The monoisotopic (exact) mass is 772 g/mol. The third kappa shape index (κ3) is 5.40. The van der Waals surface area contributed by atoms with Gasteiger partial charge in [-0.3, -0.25) is 4.57 Å². The van der Waals surface area contributed by atoms with Crippen LogP contribution in [0.25, 0.3) is 110 Å². The topological polar surface area (TPSA) is 61.4 Å². The number of aromatic nitrogens is 6. The van der Waals surface area contributed by atoms with Gasteiger partial charge < -0.3 is 4.57 Å². The number of hydrogen-bond donors (Lipinski definition) is 0. The Balaban J connectivity index is 1.17. The van der Waals surface area contributed by atoms with E-state index >= 15 is 0 Å². The van der Waals surface area contributed by atoms with Crippen LogP contribution in [0.15, 0.2) is 194 Å². The fraction of sp³-hybridized carbons (Fsp3) is 0. The number of benzene rings is 8. The Kier molecular flexibility index (Phi) is 7.61. The van der Waals surface area contributed by atoms with Crippen molar-refractivity contribution in [2.24, 2.45) is 0 Å². The van der Waals surface area contributed by atoms with Crippen LogP contribution < -0.4 is 0 Å². The van der Waals surface area contributed by atoms with Crippen LogP contribution in [0.4, 0.5) is 0 Å². The van der Waals surface area contributed by atoms with Crippen molar-refractivity contribution in [2.45, 2.75) is 0 Å². The molecule has 0 fully saturated rings. The van der Waals surface area contributed by atoms with E-state index in [-0.39, 0.29) is 0 Å². The lowest BCUT2D eigenvalue weighted by atomic mass is 10.0. The van der Waals surface area contributed by atoms with Crippen LogP contribution in [0.5, 0.6) is 0 Å². The van der Waals surface area contributed by atoms with Crippen LogP contribution >= 0.6 is 11.3 Å². The van der Waals surface area contributed by atoms with Crippen molar-refractivity contribution in [1.82, 2.24) is 29.1 Å². The van der Waals surface area contributed by atoms with Gasteiger partial charge in [0.15, 0.2) is 11.6 Å². The van der Waals surface area contributed by atoms with Crippen molar-refractivity contribution in [3.05, 3.63) is 194 Å². The molecular weight excluding hydrogens is 741 g/mol. The Morgan fingerprint density at radius 3 is 1.59 bits per heavy atom. The van der Waals surface area contributed by atoms with Crippen molar-refractivity contribution in [1.29, 1.82) is 0 Å². The molecule has 7 heteroatoms. The average Bonchev–Trinajstić information content (AvgIpc) is 4.00. The van der Waals surface area contributed by atoms with Gasteiger partial charge in [-0.05, 0) is 47.5 Å². The quantitative estimate of drug-likeness (QED) is 0.169. The zero-order valence-electron chi connectivity index (χ0n) is 31.6. The number of hydrogen-bond acceptors (Lipinski definition) is 5. The number of rotatable bonds is 6. The molecule has 0 amide bonds. The molecule has 0 saturated carbocycles. The second-order valence-electron chi connectivity index (χ2n) is 14.7. The third-order valence-electron chi connectivity index (χ3n) is 11.2. The molecule has 0 unspecified atom stereocenters. The molecule has 4 aromatic heterocycles. The molecule has 8 aromatic carbocycles. The highest BCUT2D eigenvalue weighted by Gasteiger charge is 2.24. The summed E-state index contributed by atoms with van der Waals surface area (Å²) in [6.45, 7) is 0. The Morgan fingerprint density at radius 2 is 0.898 bits per heavy atom. The van der Waals surface area contributed by atoms with Crippen LogP contribution in [0.2, 0.25) is 0 Å². The zero-order valence-corrected chi connectivity index (χ0v) is 32.4. The summed E-state index contributed by atoms with van der Waals surface area (Å²) >= 11 is 1.66. The normalized spacial score (nSPS) is 11.7. The van der Waals surface area contributed by atoms with E-state index in [0.29, 0.717) is 17.6 Å². The Morgan fingerprint density at radius 1 is 0.356 bits per heavy atom. The number of para-hydroxylation sites is 3. The predicted octanol–water partition coefficient (Wildman–Crippen LogP) is 13.3. The van der Waals surface area contributed by atoms with Gasteiger partial charge in [0.05, 0.1) is 32.3 Å². The molecule has 12 aromatic rings. The van der Waals surface area contributed by atoms with E-state index in [2.05, 4.69) is 185 Å². The lowest BCUT2D eigenvalue weighted by Gasteiger charge is -2.13. The summed E-state index contributed by atoms with van der Waals surface area (Å²) < 4.78 is 5.67. The van der Waals surface area contributed by atoms with E-state index in [4.69, 9.17) is 19.9 Å². The van der Waals surface area contributed by atoms with Gasteiger partial charge in [-0.2, -0.15) is 9.97 Å². The van der Waals surface area contributed by atoms with Crippen LogP contribution in [0.1, 0.15) is 0 Å². The minimum atomic E-state index is 0.547. The molecule has 0 aliphatic carbocycles. The highest BCUT2D eigenvalue weighted by atomic mass is 32.1. The maximum absolute atomic E-state index is 5.44. The maximum Gasteiger partial charge on any atom is 0.238 e. The zero-order chi connectivity index (χ0) is 38.9. The largest absolute Gasteiger partial charge is 0.307 e. The second-order valence-corrected chi connectivity index (χ2v) is 15.7. The van der Waals surface area contributed by atoms with Gasteiger partial charge in [-0.15, -0.1) is 11.3 Å². The minimum Gasteiger partial charge on any atom is -0.307 e. The Hall–Kier alpha value is -7.74. The van der Waals surface area contributed by atoms with E-state index in [9.17, 15) is 0 Å². The van der Waals surface area contributed by atoms with Crippen molar-refractivity contribution in [3.63, 3.8) is 0 Å². The first-order chi connectivity index (χ1) is 29.3. The first kappa shape index (κ1) is 33.4. The lowest BCUT2D eigenvalue weighted by Crippen LogP contribution is -2.07. The molecular formula is C52H32N6S. The van der Waals surface area contributed by atoms with Gasteiger partial charge in [-0.25, -0.2) is 9.97 Å². The van der Waals surface area contributed by atoms with E-state index in [1.807, 2.05) is 18.2 Å². The molecule has 0 saturated heterocycles. The molecule has 0 N–H and O–H groups in total. The van der Waals surface area contributed by atoms with Crippen LogP contribution in [-0.4, -0.2) is 29.1 Å². The fourth-order valence-electron chi connectivity index (χ4n) is 8.54. The van der Waals surface area contributed by atoms with E-state index in [1.165, 1.54) is 5.39 Å². The molecule has 276 valence electrons. The summed E-state index contributed by atoms with van der Waals surface area (Å²) in [7, 11) is 0. The SMILES string of the molecule is c1ccc(-c2ccc(-c3nc(-c4cccc5nc(-c6ccccc6)sc45)nc(-n4c5ccccc5c5ccc6c7ccccc7n(-c7ccccc7)c6c54)n3)cc2)cc1. The summed E-state index contributed by atoms with van der Waals surface area (Å²) in [5.74, 6) is 1.73. The molecule has 0 bridgehead atoms. The number of thiazole rings is 1. The highest BCUT2D eigenvalue weighted by molar-refractivity contribution is 7.22. The first-order valence-electron chi connectivity index (χ1n) is 19.7. The number of fused-ring (bicyclic) bond motifs is 8. The van der Waals surface area contributed by atoms with Gasteiger partial charge in [0, 0.05) is 43.9 Å². The number of nitrogens with zero attached hydrogens (tertiary/aromatic N) is 6. The predicted molar refractivity (Wildman–Crippen MR) is 243 cm³/mol. The van der Waals surface area contributed by atoms with Gasteiger partial charge in [0.1, 0.15) is 5.01 Å². The summed E-state index contributed by atoms with van der Waals surface area (Å²) in [6.07, 6.45) is 0. The highest BCUT2D eigenvalue weighted by Crippen LogP contribution is 2.42. The van der Waals surface area contributed by atoms with E-state index in [1.54, 1.807) is 11.3 Å². The van der Waals surface area contributed by atoms with E-state index < -0.39 is 0 Å². The first-order valence-corrected chi connectivity index (χ1v) is 20.5. The smallest absolute Gasteiger partial charge is 0.238 e. The average molecular weight is 773 g/mol. The fourth-order valence-corrected chi connectivity index (χ4v) is 9.62. The summed E-state index contributed by atoms with van der Waals surface area (Å²) in [4.78, 5) is 21.2. The van der Waals surface area contributed by atoms with Crippen LogP contribution in [-0.2, 0) is 0 Å². The molecule has 0 spiro atoms. The van der Waals surface area contributed by atoms with Crippen molar-refractivity contribution in [3.8, 4) is 56.1 Å². The second kappa shape index (κ2) is 13.4. The molecule has 0 aliphatic heterocycles. The van der Waals surface area contributed by atoms with Crippen molar-refractivity contribution in [2.75, 3.05) is 0 Å². The van der Waals surface area contributed by atoms with Gasteiger partial charge >= 0.3 is 0 Å². The molecule has 0 atom stereocenters. The van der Waals surface area contributed by atoms with Crippen molar-refractivity contribution < 1.29 is 0 Å². The molecule has 4 heterocycles.